The van der Waals surface area contributed by atoms with Gasteiger partial charge in [0, 0.05) is 30.1 Å². The minimum absolute atomic E-state index is 0.111. The molecule has 19 heavy (non-hydrogen) atoms. The van der Waals surface area contributed by atoms with Crippen molar-refractivity contribution in [2.24, 2.45) is 0 Å². The summed E-state index contributed by atoms with van der Waals surface area (Å²) in [4.78, 5) is 0. The SMILES string of the molecule is CCn1cc(C(NC)c2cnn3ccccc23)cn1. The van der Waals surface area contributed by atoms with Crippen LogP contribution in [0.2, 0.25) is 0 Å². The van der Waals surface area contributed by atoms with E-state index in [1.807, 2.05) is 47.0 Å². The Morgan fingerprint density at radius 3 is 2.89 bits per heavy atom. The zero-order valence-corrected chi connectivity index (χ0v) is 11.1. The normalized spacial score (nSPS) is 12.9. The van der Waals surface area contributed by atoms with Crippen molar-refractivity contribution in [3.8, 4) is 0 Å². The molecule has 0 bridgehead atoms. The molecule has 0 saturated carbocycles. The molecule has 0 radical (unpaired) electrons. The second-order valence-electron chi connectivity index (χ2n) is 4.48. The van der Waals surface area contributed by atoms with Crippen molar-refractivity contribution >= 4 is 5.52 Å². The minimum Gasteiger partial charge on any atom is -0.309 e. The summed E-state index contributed by atoms with van der Waals surface area (Å²) in [6.07, 6.45) is 7.87. The Morgan fingerprint density at radius 1 is 1.26 bits per heavy atom. The molecule has 0 aromatic carbocycles. The fourth-order valence-electron chi connectivity index (χ4n) is 2.38. The van der Waals surface area contributed by atoms with Crippen LogP contribution in [0.3, 0.4) is 0 Å². The first-order valence-corrected chi connectivity index (χ1v) is 6.45. The Morgan fingerprint density at radius 2 is 2.16 bits per heavy atom. The molecule has 1 N–H and O–H groups in total. The third-order valence-electron chi connectivity index (χ3n) is 3.37. The number of pyridine rings is 1. The molecule has 0 fully saturated rings. The zero-order valence-electron chi connectivity index (χ0n) is 11.1. The summed E-state index contributed by atoms with van der Waals surface area (Å²) in [5.74, 6) is 0. The Bertz CT molecular complexity index is 682. The molecule has 0 aliphatic heterocycles. The summed E-state index contributed by atoms with van der Waals surface area (Å²) in [6.45, 7) is 2.96. The van der Waals surface area contributed by atoms with Gasteiger partial charge in [-0.1, -0.05) is 6.07 Å². The highest BCUT2D eigenvalue weighted by molar-refractivity contribution is 5.56. The van der Waals surface area contributed by atoms with Crippen LogP contribution in [0.4, 0.5) is 0 Å². The lowest BCUT2D eigenvalue weighted by atomic mass is 10.0. The molecule has 0 saturated heterocycles. The predicted molar refractivity (Wildman–Crippen MR) is 74.0 cm³/mol. The third kappa shape index (κ3) is 2.02. The molecule has 98 valence electrons. The van der Waals surface area contributed by atoms with Crippen molar-refractivity contribution in [1.82, 2.24) is 24.7 Å². The van der Waals surface area contributed by atoms with Crippen LogP contribution in [0, 0.1) is 0 Å². The molecular weight excluding hydrogens is 238 g/mol. The molecule has 3 heterocycles. The van der Waals surface area contributed by atoms with Crippen molar-refractivity contribution in [3.63, 3.8) is 0 Å². The topological polar surface area (TPSA) is 47.2 Å². The number of aryl methyl sites for hydroxylation is 1. The number of rotatable bonds is 4. The summed E-state index contributed by atoms with van der Waals surface area (Å²) >= 11 is 0. The van der Waals surface area contributed by atoms with E-state index in [0.29, 0.717) is 0 Å². The van der Waals surface area contributed by atoms with Crippen molar-refractivity contribution in [2.45, 2.75) is 19.5 Å². The Hall–Kier alpha value is -2.14. The summed E-state index contributed by atoms with van der Waals surface area (Å²) < 4.78 is 3.83. The van der Waals surface area contributed by atoms with Crippen LogP contribution in [-0.2, 0) is 6.54 Å². The summed E-state index contributed by atoms with van der Waals surface area (Å²) in [7, 11) is 1.96. The van der Waals surface area contributed by atoms with Gasteiger partial charge < -0.3 is 5.32 Å². The van der Waals surface area contributed by atoms with Crippen LogP contribution in [0.25, 0.3) is 5.52 Å². The smallest absolute Gasteiger partial charge is 0.0712 e. The molecule has 0 aliphatic rings. The van der Waals surface area contributed by atoms with Crippen molar-refractivity contribution < 1.29 is 0 Å². The summed E-state index contributed by atoms with van der Waals surface area (Å²) in [5, 5.41) is 12.1. The van der Waals surface area contributed by atoms with Crippen molar-refractivity contribution in [1.29, 1.82) is 0 Å². The molecule has 0 aliphatic carbocycles. The van der Waals surface area contributed by atoms with Crippen LogP contribution in [0.15, 0.2) is 43.0 Å². The summed E-state index contributed by atoms with van der Waals surface area (Å²) in [6, 6.07) is 6.20. The van der Waals surface area contributed by atoms with Gasteiger partial charge in [0.05, 0.1) is 24.0 Å². The van der Waals surface area contributed by atoms with E-state index in [1.165, 1.54) is 5.56 Å². The van der Waals surface area contributed by atoms with E-state index >= 15 is 0 Å². The van der Waals surface area contributed by atoms with Crippen molar-refractivity contribution in [2.75, 3.05) is 7.05 Å². The van der Waals surface area contributed by atoms with E-state index in [1.54, 1.807) is 0 Å². The standard InChI is InChI=1S/C14H17N5/c1-3-18-10-11(8-16-18)14(15-2)12-9-17-19-7-5-4-6-13(12)19/h4-10,14-15H,3H2,1-2H3. The van der Waals surface area contributed by atoms with Crippen molar-refractivity contribution in [3.05, 3.63) is 54.1 Å². The van der Waals surface area contributed by atoms with Crippen LogP contribution in [0.1, 0.15) is 24.1 Å². The van der Waals surface area contributed by atoms with Gasteiger partial charge >= 0.3 is 0 Å². The molecule has 0 spiro atoms. The van der Waals surface area contributed by atoms with E-state index in [4.69, 9.17) is 0 Å². The first-order valence-electron chi connectivity index (χ1n) is 6.45. The van der Waals surface area contributed by atoms with Crippen LogP contribution < -0.4 is 5.32 Å². The maximum Gasteiger partial charge on any atom is 0.0712 e. The van der Waals surface area contributed by atoms with E-state index < -0.39 is 0 Å². The number of aromatic nitrogens is 4. The zero-order chi connectivity index (χ0) is 13.2. The van der Waals surface area contributed by atoms with Gasteiger partial charge in [-0.2, -0.15) is 10.2 Å². The Kier molecular flexibility index (Phi) is 3.05. The van der Waals surface area contributed by atoms with Crippen LogP contribution in [0.5, 0.6) is 0 Å². The molecule has 1 unspecified atom stereocenters. The fraction of sp³-hybridized carbons (Fsp3) is 0.286. The predicted octanol–water partition coefficient (Wildman–Crippen LogP) is 1.86. The quantitative estimate of drug-likeness (QED) is 0.774. The number of fused-ring (bicyclic) bond motifs is 1. The lowest BCUT2D eigenvalue weighted by molar-refractivity contribution is 0.654. The number of hydrogen-bond donors (Lipinski definition) is 1. The Balaban J connectivity index is 2.06. The monoisotopic (exact) mass is 255 g/mol. The second-order valence-corrected chi connectivity index (χ2v) is 4.48. The van der Waals surface area contributed by atoms with Crippen LogP contribution >= 0.6 is 0 Å². The average Bonchev–Trinajstić information content (AvgIpc) is 3.07. The molecular formula is C14H17N5. The van der Waals surface area contributed by atoms with Gasteiger partial charge in [0.15, 0.2) is 0 Å². The van der Waals surface area contributed by atoms with Gasteiger partial charge in [-0.25, -0.2) is 4.52 Å². The third-order valence-corrected chi connectivity index (χ3v) is 3.37. The maximum absolute atomic E-state index is 4.39. The average molecular weight is 255 g/mol. The van der Waals surface area contributed by atoms with Crippen LogP contribution in [-0.4, -0.2) is 26.4 Å². The van der Waals surface area contributed by atoms with Gasteiger partial charge in [-0.15, -0.1) is 0 Å². The van der Waals surface area contributed by atoms with Gasteiger partial charge in [-0.05, 0) is 26.1 Å². The number of nitrogens with one attached hydrogen (secondary N) is 1. The molecule has 3 aromatic heterocycles. The molecule has 0 amide bonds. The highest BCUT2D eigenvalue weighted by atomic mass is 15.3. The van der Waals surface area contributed by atoms with Gasteiger partial charge in [0.25, 0.3) is 0 Å². The van der Waals surface area contributed by atoms with E-state index in [-0.39, 0.29) is 6.04 Å². The summed E-state index contributed by atoms with van der Waals surface area (Å²) in [5.41, 5.74) is 3.44. The highest BCUT2D eigenvalue weighted by Crippen LogP contribution is 2.24. The number of nitrogens with zero attached hydrogens (tertiary/aromatic N) is 4. The molecule has 5 nitrogen and oxygen atoms in total. The van der Waals surface area contributed by atoms with E-state index in [0.717, 1.165) is 17.6 Å². The molecule has 3 rings (SSSR count). The van der Waals surface area contributed by atoms with E-state index in [9.17, 15) is 0 Å². The fourth-order valence-corrected chi connectivity index (χ4v) is 2.38. The molecule has 1 atom stereocenters. The van der Waals surface area contributed by atoms with Gasteiger partial charge in [0.1, 0.15) is 0 Å². The second kappa shape index (κ2) is 4.85. The Labute approximate surface area is 111 Å². The maximum atomic E-state index is 4.39. The molecule has 3 aromatic rings. The first kappa shape index (κ1) is 11.9. The minimum atomic E-state index is 0.111. The lowest BCUT2D eigenvalue weighted by Gasteiger charge is -2.13. The highest BCUT2D eigenvalue weighted by Gasteiger charge is 2.18. The first-order chi connectivity index (χ1) is 9.33. The molecule has 5 heteroatoms. The van der Waals surface area contributed by atoms with E-state index in [2.05, 4.69) is 34.7 Å². The lowest BCUT2D eigenvalue weighted by Crippen LogP contribution is -2.17. The van der Waals surface area contributed by atoms with Gasteiger partial charge in [-0.3, -0.25) is 4.68 Å². The number of hydrogen-bond acceptors (Lipinski definition) is 3. The van der Waals surface area contributed by atoms with Gasteiger partial charge in [0.2, 0.25) is 0 Å². The largest absolute Gasteiger partial charge is 0.309 e.